The summed E-state index contributed by atoms with van der Waals surface area (Å²) < 4.78 is 18.1. The molecule has 0 aliphatic carbocycles. The Bertz CT molecular complexity index is 421. The first-order valence-corrected chi connectivity index (χ1v) is 5.60. The van der Waals surface area contributed by atoms with Crippen LogP contribution < -0.4 is 5.73 Å². The minimum atomic E-state index is -0.407. The van der Waals surface area contributed by atoms with E-state index in [2.05, 4.69) is 5.16 Å². The topological polar surface area (TPSA) is 67.8 Å². The van der Waals surface area contributed by atoms with Gasteiger partial charge in [-0.3, -0.25) is 0 Å². The first kappa shape index (κ1) is 11.2. The number of oxime groups is 1. The van der Waals surface area contributed by atoms with E-state index in [4.69, 9.17) is 15.7 Å². The third-order valence-electron chi connectivity index (χ3n) is 2.23. The van der Waals surface area contributed by atoms with Crippen LogP contribution in [0.5, 0.6) is 0 Å². The largest absolute Gasteiger partial charge is 0.409 e. The highest BCUT2D eigenvalue weighted by Crippen LogP contribution is 2.31. The summed E-state index contributed by atoms with van der Waals surface area (Å²) in [5.41, 5.74) is 5.90. The van der Waals surface area contributed by atoms with Gasteiger partial charge in [-0.05, 0) is 18.2 Å². The van der Waals surface area contributed by atoms with Gasteiger partial charge >= 0.3 is 0 Å². The predicted molar refractivity (Wildman–Crippen MR) is 59.4 cm³/mol. The zero-order valence-electron chi connectivity index (χ0n) is 8.39. The van der Waals surface area contributed by atoms with Gasteiger partial charge in [0.15, 0.2) is 5.84 Å². The fourth-order valence-corrected chi connectivity index (χ4v) is 2.45. The molecule has 0 bridgehead atoms. The van der Waals surface area contributed by atoms with Gasteiger partial charge < -0.3 is 15.7 Å². The van der Waals surface area contributed by atoms with Crippen LogP contribution in [0.2, 0.25) is 0 Å². The Balaban J connectivity index is 2.27. The molecule has 1 aromatic carbocycles. The van der Waals surface area contributed by atoms with Crippen LogP contribution in [-0.2, 0) is 4.74 Å². The van der Waals surface area contributed by atoms with Crippen molar-refractivity contribution < 1.29 is 14.3 Å². The molecule has 0 atom stereocenters. The van der Waals surface area contributed by atoms with Gasteiger partial charge in [0.1, 0.15) is 5.82 Å². The van der Waals surface area contributed by atoms with Gasteiger partial charge in [-0.15, -0.1) is 11.8 Å². The zero-order valence-corrected chi connectivity index (χ0v) is 9.21. The standard InChI is InChI=1S/C10H11FN2O2S/c11-6-1-2-9(16-7-4-15-5-7)8(3-6)10(12)13-14/h1-3,7,14H,4-5H2,(H2,12,13). The number of rotatable bonds is 3. The van der Waals surface area contributed by atoms with Gasteiger partial charge in [-0.2, -0.15) is 0 Å². The summed E-state index contributed by atoms with van der Waals surface area (Å²) in [6, 6.07) is 4.25. The van der Waals surface area contributed by atoms with E-state index in [9.17, 15) is 4.39 Å². The molecule has 3 N–H and O–H groups in total. The monoisotopic (exact) mass is 242 g/mol. The van der Waals surface area contributed by atoms with E-state index in [-0.39, 0.29) is 5.84 Å². The van der Waals surface area contributed by atoms with Crippen molar-refractivity contribution in [2.24, 2.45) is 10.9 Å². The molecule has 4 nitrogen and oxygen atoms in total. The van der Waals surface area contributed by atoms with E-state index in [0.717, 1.165) is 4.90 Å². The maximum Gasteiger partial charge on any atom is 0.171 e. The average molecular weight is 242 g/mol. The van der Waals surface area contributed by atoms with Crippen molar-refractivity contribution >= 4 is 17.6 Å². The molecule has 16 heavy (non-hydrogen) atoms. The van der Waals surface area contributed by atoms with E-state index in [1.54, 1.807) is 17.8 Å². The smallest absolute Gasteiger partial charge is 0.171 e. The second-order valence-corrected chi connectivity index (χ2v) is 4.75. The molecule has 0 spiro atoms. The van der Waals surface area contributed by atoms with E-state index in [1.807, 2.05) is 0 Å². The summed E-state index contributed by atoms with van der Waals surface area (Å²) in [5.74, 6) is -0.488. The van der Waals surface area contributed by atoms with E-state index >= 15 is 0 Å². The highest BCUT2D eigenvalue weighted by Gasteiger charge is 2.21. The molecule has 1 heterocycles. The van der Waals surface area contributed by atoms with Crippen LogP contribution in [0.25, 0.3) is 0 Å². The first-order valence-electron chi connectivity index (χ1n) is 4.72. The average Bonchev–Trinajstić information content (AvgIpc) is 2.23. The molecule has 6 heteroatoms. The van der Waals surface area contributed by atoms with Crippen LogP contribution in [-0.4, -0.2) is 29.5 Å². The number of hydrogen-bond donors (Lipinski definition) is 2. The maximum absolute atomic E-state index is 13.1. The van der Waals surface area contributed by atoms with Gasteiger partial charge in [0.2, 0.25) is 0 Å². The minimum absolute atomic E-state index is 0.0813. The lowest BCUT2D eigenvalue weighted by Crippen LogP contribution is -2.30. The van der Waals surface area contributed by atoms with Crippen molar-refractivity contribution in [2.45, 2.75) is 10.1 Å². The van der Waals surface area contributed by atoms with Crippen molar-refractivity contribution in [3.63, 3.8) is 0 Å². The molecular weight excluding hydrogens is 231 g/mol. The van der Waals surface area contributed by atoms with Crippen molar-refractivity contribution in [1.82, 2.24) is 0 Å². The number of thioether (sulfide) groups is 1. The molecule has 1 fully saturated rings. The van der Waals surface area contributed by atoms with Crippen LogP contribution in [0.1, 0.15) is 5.56 Å². The molecule has 0 saturated carbocycles. The van der Waals surface area contributed by atoms with E-state index in [0.29, 0.717) is 24.0 Å². The molecule has 0 unspecified atom stereocenters. The summed E-state index contributed by atoms with van der Waals surface area (Å²) >= 11 is 1.55. The lowest BCUT2D eigenvalue weighted by Gasteiger charge is -2.25. The van der Waals surface area contributed by atoms with Crippen molar-refractivity contribution in [3.8, 4) is 0 Å². The number of benzene rings is 1. The third kappa shape index (κ3) is 2.28. The van der Waals surface area contributed by atoms with Crippen molar-refractivity contribution in [1.29, 1.82) is 0 Å². The molecule has 2 rings (SSSR count). The molecule has 0 amide bonds. The SMILES string of the molecule is NC(=NO)c1cc(F)ccc1SC1COC1. The Morgan fingerprint density at radius 3 is 2.88 bits per heavy atom. The highest BCUT2D eigenvalue weighted by molar-refractivity contribution is 8.00. The number of ether oxygens (including phenoxy) is 1. The molecule has 86 valence electrons. The maximum atomic E-state index is 13.1. The van der Waals surface area contributed by atoms with E-state index < -0.39 is 5.82 Å². The molecular formula is C10H11FN2O2S. The summed E-state index contributed by atoms with van der Waals surface area (Å²) in [5, 5.41) is 11.9. The molecule has 1 aromatic rings. The van der Waals surface area contributed by atoms with Crippen molar-refractivity contribution in [3.05, 3.63) is 29.6 Å². The lowest BCUT2D eigenvalue weighted by atomic mass is 10.2. The predicted octanol–water partition coefficient (Wildman–Crippen LogP) is 1.41. The number of hydrogen-bond acceptors (Lipinski definition) is 4. The Morgan fingerprint density at radius 2 is 2.31 bits per heavy atom. The normalized spacial score (nSPS) is 17.2. The number of nitrogens with zero attached hydrogens (tertiary/aromatic N) is 1. The highest BCUT2D eigenvalue weighted by atomic mass is 32.2. The Kier molecular flexibility index (Phi) is 3.31. The van der Waals surface area contributed by atoms with Crippen LogP contribution in [0.4, 0.5) is 4.39 Å². The van der Waals surface area contributed by atoms with Gasteiger partial charge in [-0.25, -0.2) is 4.39 Å². The van der Waals surface area contributed by atoms with Crippen LogP contribution in [0.3, 0.4) is 0 Å². The fraction of sp³-hybridized carbons (Fsp3) is 0.300. The number of halogens is 1. The molecule has 1 aliphatic heterocycles. The zero-order chi connectivity index (χ0) is 11.5. The van der Waals surface area contributed by atoms with Gasteiger partial charge in [0.25, 0.3) is 0 Å². The molecule has 1 saturated heterocycles. The Labute approximate surface area is 96.3 Å². The van der Waals surface area contributed by atoms with Crippen LogP contribution >= 0.6 is 11.8 Å². The van der Waals surface area contributed by atoms with Gasteiger partial charge in [-0.1, -0.05) is 5.16 Å². The summed E-state index contributed by atoms with van der Waals surface area (Å²) in [7, 11) is 0. The van der Waals surface area contributed by atoms with Gasteiger partial charge in [0.05, 0.1) is 18.5 Å². The van der Waals surface area contributed by atoms with Crippen LogP contribution in [0.15, 0.2) is 28.3 Å². The van der Waals surface area contributed by atoms with Gasteiger partial charge in [0, 0.05) is 10.5 Å². The lowest BCUT2D eigenvalue weighted by molar-refractivity contribution is 0.0455. The van der Waals surface area contributed by atoms with Crippen molar-refractivity contribution in [2.75, 3.05) is 13.2 Å². The molecule has 0 radical (unpaired) electrons. The Morgan fingerprint density at radius 1 is 1.56 bits per heavy atom. The van der Waals surface area contributed by atoms with E-state index in [1.165, 1.54) is 12.1 Å². The fourth-order valence-electron chi connectivity index (χ4n) is 1.32. The first-order chi connectivity index (χ1) is 7.70. The summed E-state index contributed by atoms with van der Waals surface area (Å²) in [6.45, 7) is 1.36. The second-order valence-electron chi connectivity index (χ2n) is 3.40. The number of amidine groups is 1. The summed E-state index contributed by atoms with van der Waals surface area (Å²) in [4.78, 5) is 0.796. The summed E-state index contributed by atoms with van der Waals surface area (Å²) in [6.07, 6.45) is 0. The second kappa shape index (κ2) is 4.71. The molecule has 0 aromatic heterocycles. The number of nitrogens with two attached hydrogens (primary N) is 1. The minimum Gasteiger partial charge on any atom is -0.409 e. The third-order valence-corrected chi connectivity index (χ3v) is 3.44. The molecule has 1 aliphatic rings. The van der Waals surface area contributed by atoms with Crippen LogP contribution in [0, 0.1) is 5.82 Å². The quantitative estimate of drug-likeness (QED) is 0.364. The Hall–Kier alpha value is -1.27.